The van der Waals surface area contributed by atoms with Crippen molar-refractivity contribution in [3.05, 3.63) is 87.2 Å². The van der Waals surface area contributed by atoms with Gasteiger partial charge in [0.25, 0.3) is 5.56 Å². The molecule has 1 aromatic carbocycles. The van der Waals surface area contributed by atoms with Crippen LogP contribution >= 0.6 is 11.6 Å². The largest absolute Gasteiger partial charge is 0.487 e. The summed E-state index contributed by atoms with van der Waals surface area (Å²) in [6.07, 6.45) is 4.20. The van der Waals surface area contributed by atoms with Crippen molar-refractivity contribution in [1.82, 2.24) is 14.1 Å². The Kier molecular flexibility index (Phi) is 5.61. The summed E-state index contributed by atoms with van der Waals surface area (Å²) < 4.78 is 9.46. The van der Waals surface area contributed by atoms with E-state index in [1.807, 2.05) is 25.2 Å². The maximum atomic E-state index is 12.7. The van der Waals surface area contributed by atoms with E-state index in [-0.39, 0.29) is 12.2 Å². The number of benzene rings is 1. The predicted molar refractivity (Wildman–Crippen MR) is 119 cm³/mol. The molecule has 0 aliphatic heterocycles. The molecule has 0 saturated heterocycles. The van der Waals surface area contributed by atoms with Gasteiger partial charge in [-0.15, -0.1) is 0 Å². The highest BCUT2D eigenvalue weighted by atomic mass is 35.5. The van der Waals surface area contributed by atoms with Crippen LogP contribution in [0.5, 0.6) is 5.75 Å². The monoisotopic (exact) mass is 422 g/mol. The molecule has 3 aromatic heterocycles. The molecule has 0 aliphatic rings. The second kappa shape index (κ2) is 8.34. The van der Waals surface area contributed by atoms with Crippen molar-refractivity contribution in [3.63, 3.8) is 0 Å². The van der Waals surface area contributed by atoms with E-state index in [2.05, 4.69) is 16.5 Å². The van der Waals surface area contributed by atoms with Crippen LogP contribution in [0.2, 0.25) is 5.02 Å². The van der Waals surface area contributed by atoms with Crippen molar-refractivity contribution in [2.45, 2.75) is 26.5 Å². The van der Waals surface area contributed by atoms with Crippen LogP contribution in [0.25, 0.3) is 16.6 Å². The molecule has 0 fully saturated rings. The summed E-state index contributed by atoms with van der Waals surface area (Å²) >= 11 is 5.84. The molecule has 7 heteroatoms. The molecule has 0 spiro atoms. The number of aryl methyl sites for hydroxylation is 1. The Morgan fingerprint density at radius 1 is 1.17 bits per heavy atom. The average molecular weight is 423 g/mol. The van der Waals surface area contributed by atoms with Crippen molar-refractivity contribution in [2.24, 2.45) is 12.8 Å². The minimum Gasteiger partial charge on any atom is -0.487 e. The molecule has 4 aromatic rings. The van der Waals surface area contributed by atoms with Gasteiger partial charge < -0.3 is 15.0 Å². The zero-order valence-electron chi connectivity index (χ0n) is 16.9. The molecule has 0 bridgehead atoms. The van der Waals surface area contributed by atoms with Gasteiger partial charge in [-0.05, 0) is 42.3 Å². The summed E-state index contributed by atoms with van der Waals surface area (Å²) in [5.74, 6) is 0.492. The van der Waals surface area contributed by atoms with Gasteiger partial charge in [0.05, 0.1) is 21.9 Å². The van der Waals surface area contributed by atoms with Crippen LogP contribution in [-0.2, 0) is 26.6 Å². The van der Waals surface area contributed by atoms with Crippen LogP contribution in [0.15, 0.2) is 59.7 Å². The van der Waals surface area contributed by atoms with Crippen molar-refractivity contribution in [3.8, 4) is 11.4 Å². The quantitative estimate of drug-likeness (QED) is 0.510. The van der Waals surface area contributed by atoms with E-state index in [1.54, 1.807) is 35.2 Å². The minimum atomic E-state index is -0.167. The van der Waals surface area contributed by atoms with E-state index in [9.17, 15) is 4.79 Å². The van der Waals surface area contributed by atoms with E-state index in [1.165, 1.54) is 11.8 Å². The first kappa shape index (κ1) is 20.2. The van der Waals surface area contributed by atoms with Gasteiger partial charge in [-0.2, -0.15) is 0 Å². The molecular weight excluding hydrogens is 400 g/mol. The Morgan fingerprint density at radius 3 is 2.67 bits per heavy atom. The SMILES string of the molecule is CCc1c(CN)c2ccc(-n3ccc(OCc4ccc(Cl)cn4)cc3=O)cc2n1C. The molecule has 2 N–H and O–H groups in total. The van der Waals surface area contributed by atoms with E-state index >= 15 is 0 Å². The number of hydrogen-bond acceptors (Lipinski definition) is 4. The molecular formula is C23H23ClN4O2. The topological polar surface area (TPSA) is 75.1 Å². The highest BCUT2D eigenvalue weighted by molar-refractivity contribution is 6.30. The molecule has 0 aliphatic carbocycles. The number of ether oxygens (including phenoxy) is 1. The lowest BCUT2D eigenvalue weighted by Crippen LogP contribution is -2.16. The maximum Gasteiger partial charge on any atom is 0.258 e. The van der Waals surface area contributed by atoms with Gasteiger partial charge >= 0.3 is 0 Å². The standard InChI is InChI=1S/C23H23ClN4O2/c1-3-21-20(12-25)19-7-6-17(10-22(19)27(21)2)28-9-8-18(11-23(28)29)30-14-16-5-4-15(24)13-26-16/h4-11,13H,3,12,14,25H2,1-2H3. The van der Waals surface area contributed by atoms with E-state index in [0.717, 1.165) is 34.3 Å². The van der Waals surface area contributed by atoms with Crippen molar-refractivity contribution < 1.29 is 4.74 Å². The number of rotatable bonds is 6. The predicted octanol–water partition coefficient (Wildman–Crippen LogP) is 3.98. The molecule has 6 nitrogen and oxygen atoms in total. The van der Waals surface area contributed by atoms with Crippen LogP contribution in [0.3, 0.4) is 0 Å². The van der Waals surface area contributed by atoms with Crippen LogP contribution < -0.4 is 16.0 Å². The maximum absolute atomic E-state index is 12.7. The van der Waals surface area contributed by atoms with Gasteiger partial charge in [-0.1, -0.05) is 24.6 Å². The number of aromatic nitrogens is 3. The highest BCUT2D eigenvalue weighted by Gasteiger charge is 2.14. The Balaban J connectivity index is 1.62. The number of pyridine rings is 2. The van der Waals surface area contributed by atoms with Gasteiger partial charge in [0.1, 0.15) is 12.4 Å². The third-order valence-electron chi connectivity index (χ3n) is 5.30. The van der Waals surface area contributed by atoms with Crippen LogP contribution in [-0.4, -0.2) is 14.1 Å². The highest BCUT2D eigenvalue weighted by Crippen LogP contribution is 2.27. The fraction of sp³-hybridized carbons (Fsp3) is 0.217. The number of fused-ring (bicyclic) bond motifs is 1. The second-order valence-corrected chi connectivity index (χ2v) is 7.51. The van der Waals surface area contributed by atoms with E-state index in [4.69, 9.17) is 22.1 Å². The summed E-state index contributed by atoms with van der Waals surface area (Å²) in [7, 11) is 2.04. The van der Waals surface area contributed by atoms with E-state index in [0.29, 0.717) is 17.3 Å². The summed E-state index contributed by atoms with van der Waals surface area (Å²) in [5.41, 5.74) is 10.8. The molecule has 0 atom stereocenters. The molecule has 154 valence electrons. The fourth-order valence-corrected chi connectivity index (χ4v) is 3.91. The number of nitrogens with two attached hydrogens (primary N) is 1. The van der Waals surface area contributed by atoms with Gasteiger partial charge in [0, 0.05) is 43.1 Å². The summed E-state index contributed by atoms with van der Waals surface area (Å²) in [6.45, 7) is 2.88. The Bertz CT molecular complexity index is 1260. The molecule has 0 amide bonds. The summed E-state index contributed by atoms with van der Waals surface area (Å²) in [4.78, 5) is 16.9. The molecule has 0 saturated carbocycles. The molecule has 0 unspecified atom stereocenters. The zero-order valence-corrected chi connectivity index (χ0v) is 17.7. The smallest absolute Gasteiger partial charge is 0.258 e. The fourth-order valence-electron chi connectivity index (χ4n) is 3.80. The first-order chi connectivity index (χ1) is 14.5. The number of hydrogen-bond donors (Lipinski definition) is 1. The average Bonchev–Trinajstić information content (AvgIpc) is 3.03. The molecule has 4 rings (SSSR count). The van der Waals surface area contributed by atoms with Crippen LogP contribution in [0.4, 0.5) is 0 Å². The first-order valence-corrected chi connectivity index (χ1v) is 10.2. The lowest BCUT2D eigenvalue weighted by Gasteiger charge is -2.10. The zero-order chi connectivity index (χ0) is 21.3. The van der Waals surface area contributed by atoms with Gasteiger partial charge in [-0.3, -0.25) is 14.3 Å². The minimum absolute atomic E-state index is 0.167. The summed E-state index contributed by atoms with van der Waals surface area (Å²) in [6, 6.07) is 12.8. The third kappa shape index (κ3) is 3.72. The lowest BCUT2D eigenvalue weighted by atomic mass is 10.1. The normalized spacial score (nSPS) is 11.2. The summed E-state index contributed by atoms with van der Waals surface area (Å²) in [5, 5.41) is 1.70. The van der Waals surface area contributed by atoms with Gasteiger partial charge in [-0.25, -0.2) is 0 Å². The molecule has 3 heterocycles. The van der Waals surface area contributed by atoms with Crippen molar-refractivity contribution in [1.29, 1.82) is 0 Å². The Labute approximate surface area is 179 Å². The number of halogens is 1. The third-order valence-corrected chi connectivity index (χ3v) is 5.53. The van der Waals surface area contributed by atoms with Gasteiger partial charge in [0.2, 0.25) is 0 Å². The van der Waals surface area contributed by atoms with Crippen LogP contribution in [0, 0.1) is 0 Å². The van der Waals surface area contributed by atoms with E-state index < -0.39 is 0 Å². The number of nitrogens with zero attached hydrogens (tertiary/aromatic N) is 3. The second-order valence-electron chi connectivity index (χ2n) is 7.07. The Hall–Kier alpha value is -3.09. The molecule has 0 radical (unpaired) electrons. The van der Waals surface area contributed by atoms with Crippen molar-refractivity contribution in [2.75, 3.05) is 0 Å². The van der Waals surface area contributed by atoms with Crippen LogP contribution in [0.1, 0.15) is 23.9 Å². The van der Waals surface area contributed by atoms with Gasteiger partial charge in [0.15, 0.2) is 0 Å². The lowest BCUT2D eigenvalue weighted by molar-refractivity contribution is 0.300. The first-order valence-electron chi connectivity index (χ1n) is 9.78. The van der Waals surface area contributed by atoms with Crippen molar-refractivity contribution >= 4 is 22.5 Å². The molecule has 30 heavy (non-hydrogen) atoms. The Morgan fingerprint density at radius 2 is 2.00 bits per heavy atom.